The highest BCUT2D eigenvalue weighted by atomic mass is 32.2. The molecule has 25 heavy (non-hydrogen) atoms. The van der Waals surface area contributed by atoms with E-state index < -0.39 is 15.8 Å². The molecule has 7 heteroatoms. The summed E-state index contributed by atoms with van der Waals surface area (Å²) in [5, 5.41) is 0. The van der Waals surface area contributed by atoms with E-state index >= 15 is 0 Å². The molecule has 2 aromatic rings. The maximum Gasteiger partial charge on any atom is 0.338 e. The lowest BCUT2D eigenvalue weighted by Crippen LogP contribution is -2.16. The zero-order chi connectivity index (χ0) is 17.7. The van der Waals surface area contributed by atoms with Gasteiger partial charge in [0.15, 0.2) is 21.3 Å². The molecule has 0 N–H and O–H groups in total. The molecule has 0 atom stereocenters. The van der Waals surface area contributed by atoms with Crippen molar-refractivity contribution in [3.63, 3.8) is 0 Å². The van der Waals surface area contributed by atoms with Crippen molar-refractivity contribution in [1.82, 2.24) is 0 Å². The van der Waals surface area contributed by atoms with Gasteiger partial charge in [0.25, 0.3) is 0 Å². The summed E-state index contributed by atoms with van der Waals surface area (Å²) in [5.41, 5.74) is 0.343. The van der Waals surface area contributed by atoms with Gasteiger partial charge in [-0.25, -0.2) is 13.2 Å². The van der Waals surface area contributed by atoms with Crippen LogP contribution in [0.25, 0.3) is 0 Å². The summed E-state index contributed by atoms with van der Waals surface area (Å²) in [6, 6.07) is 13.0. The smallest absolute Gasteiger partial charge is 0.338 e. The minimum absolute atomic E-state index is 0.0271. The maximum absolute atomic E-state index is 12.1. The number of esters is 1. The monoisotopic (exact) mass is 362 g/mol. The van der Waals surface area contributed by atoms with Gasteiger partial charge in [-0.2, -0.15) is 0 Å². The summed E-state index contributed by atoms with van der Waals surface area (Å²) >= 11 is 0. The van der Waals surface area contributed by atoms with Gasteiger partial charge in [0.1, 0.15) is 13.2 Å². The van der Waals surface area contributed by atoms with Crippen LogP contribution in [0.15, 0.2) is 53.4 Å². The Hall–Kier alpha value is -2.54. The molecule has 6 nitrogen and oxygen atoms in total. The van der Waals surface area contributed by atoms with Crippen molar-refractivity contribution in [1.29, 1.82) is 0 Å². The van der Waals surface area contributed by atoms with Crippen LogP contribution in [0, 0.1) is 0 Å². The Kier molecular flexibility index (Phi) is 5.23. The van der Waals surface area contributed by atoms with Gasteiger partial charge in [-0.15, -0.1) is 0 Å². The van der Waals surface area contributed by atoms with E-state index in [1.807, 2.05) is 0 Å². The fourth-order valence-electron chi connectivity index (χ4n) is 2.41. The van der Waals surface area contributed by atoms with Gasteiger partial charge in [-0.05, 0) is 36.8 Å². The van der Waals surface area contributed by atoms with E-state index in [2.05, 4.69) is 0 Å². The molecule has 0 aromatic heterocycles. The van der Waals surface area contributed by atoms with Crippen LogP contribution >= 0.6 is 0 Å². The molecular formula is C18H18O6S. The molecular weight excluding hydrogens is 344 g/mol. The quantitative estimate of drug-likeness (QED) is 0.580. The molecule has 0 fully saturated rings. The van der Waals surface area contributed by atoms with Crippen molar-refractivity contribution < 1.29 is 27.4 Å². The van der Waals surface area contributed by atoms with Crippen molar-refractivity contribution in [2.45, 2.75) is 11.3 Å². The average molecular weight is 362 g/mol. The van der Waals surface area contributed by atoms with Crippen LogP contribution in [-0.4, -0.2) is 40.0 Å². The van der Waals surface area contributed by atoms with E-state index in [1.165, 1.54) is 0 Å². The Morgan fingerprint density at radius 1 is 1.00 bits per heavy atom. The third kappa shape index (κ3) is 4.30. The van der Waals surface area contributed by atoms with Gasteiger partial charge in [0.2, 0.25) is 0 Å². The zero-order valence-corrected chi connectivity index (χ0v) is 14.3. The average Bonchev–Trinajstić information content (AvgIpc) is 2.65. The molecule has 0 saturated heterocycles. The lowest BCUT2D eigenvalue weighted by molar-refractivity contribution is 0.0504. The summed E-state index contributed by atoms with van der Waals surface area (Å²) in [6.07, 6.45) is 0.230. The Morgan fingerprint density at radius 2 is 1.72 bits per heavy atom. The van der Waals surface area contributed by atoms with E-state index in [4.69, 9.17) is 14.2 Å². The van der Waals surface area contributed by atoms with E-state index in [9.17, 15) is 13.2 Å². The molecule has 1 aliphatic heterocycles. The molecule has 2 aromatic carbocycles. The predicted molar refractivity (Wildman–Crippen MR) is 90.8 cm³/mol. The van der Waals surface area contributed by atoms with Crippen LogP contribution in [0.1, 0.15) is 16.8 Å². The van der Waals surface area contributed by atoms with Crippen molar-refractivity contribution in [3.8, 4) is 11.5 Å². The molecule has 0 aliphatic carbocycles. The molecule has 0 saturated carbocycles. The first kappa shape index (κ1) is 17.3. The fourth-order valence-corrected chi connectivity index (χ4v) is 3.72. The van der Waals surface area contributed by atoms with Gasteiger partial charge in [0, 0.05) is 0 Å². The number of hydrogen-bond acceptors (Lipinski definition) is 6. The Balaban J connectivity index is 1.51. The van der Waals surface area contributed by atoms with Crippen molar-refractivity contribution >= 4 is 15.8 Å². The molecule has 132 valence electrons. The molecule has 0 spiro atoms. The SMILES string of the molecule is O=C(OCCCS(=O)(=O)c1ccccc1)c1ccc2c(c1)OCCO2. The highest BCUT2D eigenvalue weighted by Gasteiger charge is 2.17. The number of fused-ring (bicyclic) bond motifs is 1. The molecule has 0 radical (unpaired) electrons. The lowest BCUT2D eigenvalue weighted by Gasteiger charge is -2.18. The van der Waals surface area contributed by atoms with Crippen molar-refractivity contribution in [2.24, 2.45) is 0 Å². The topological polar surface area (TPSA) is 78.9 Å². The minimum atomic E-state index is -3.36. The summed E-state index contributed by atoms with van der Waals surface area (Å²) in [5.74, 6) is 0.504. The van der Waals surface area contributed by atoms with Crippen LogP contribution in [-0.2, 0) is 14.6 Å². The number of rotatable bonds is 6. The Labute approximate surface area is 146 Å². The third-order valence-corrected chi connectivity index (χ3v) is 5.49. The van der Waals surface area contributed by atoms with Crippen molar-refractivity contribution in [3.05, 3.63) is 54.1 Å². The third-order valence-electron chi connectivity index (χ3n) is 3.67. The summed E-state index contributed by atoms with van der Waals surface area (Å²) < 4.78 is 40.2. The summed E-state index contributed by atoms with van der Waals surface area (Å²) in [4.78, 5) is 12.3. The lowest BCUT2D eigenvalue weighted by atomic mass is 10.2. The molecule has 0 bridgehead atoms. The van der Waals surface area contributed by atoms with E-state index in [0.29, 0.717) is 30.3 Å². The molecule has 0 unspecified atom stereocenters. The number of sulfone groups is 1. The Bertz CT molecular complexity index is 845. The first-order valence-electron chi connectivity index (χ1n) is 7.91. The van der Waals surface area contributed by atoms with Crippen LogP contribution in [0.2, 0.25) is 0 Å². The normalized spacial score (nSPS) is 13.3. The molecule has 0 amide bonds. The largest absolute Gasteiger partial charge is 0.486 e. The zero-order valence-electron chi connectivity index (χ0n) is 13.5. The molecule has 1 aliphatic rings. The highest BCUT2D eigenvalue weighted by Crippen LogP contribution is 2.30. The Morgan fingerprint density at radius 3 is 2.48 bits per heavy atom. The number of carbonyl (C=O) groups excluding carboxylic acids is 1. The van der Waals surface area contributed by atoms with E-state index in [1.54, 1.807) is 48.5 Å². The number of hydrogen-bond donors (Lipinski definition) is 0. The predicted octanol–water partition coefficient (Wildman–Crippen LogP) is 2.48. The second-order valence-electron chi connectivity index (χ2n) is 5.48. The van der Waals surface area contributed by atoms with Crippen LogP contribution in [0.5, 0.6) is 11.5 Å². The first-order chi connectivity index (χ1) is 12.1. The molecule has 3 rings (SSSR count). The van der Waals surface area contributed by atoms with Gasteiger partial charge < -0.3 is 14.2 Å². The van der Waals surface area contributed by atoms with Gasteiger partial charge in [0.05, 0.1) is 22.8 Å². The van der Waals surface area contributed by atoms with Gasteiger partial charge in [-0.1, -0.05) is 18.2 Å². The van der Waals surface area contributed by atoms with Crippen LogP contribution in [0.4, 0.5) is 0 Å². The first-order valence-corrected chi connectivity index (χ1v) is 9.56. The van der Waals surface area contributed by atoms with E-state index in [-0.39, 0.29) is 23.7 Å². The minimum Gasteiger partial charge on any atom is -0.486 e. The van der Waals surface area contributed by atoms with E-state index in [0.717, 1.165) is 0 Å². The number of carbonyl (C=O) groups is 1. The maximum atomic E-state index is 12.1. The highest BCUT2D eigenvalue weighted by molar-refractivity contribution is 7.91. The number of ether oxygens (including phenoxy) is 3. The fraction of sp³-hybridized carbons (Fsp3) is 0.278. The summed E-state index contributed by atoms with van der Waals surface area (Å²) in [7, 11) is -3.36. The second-order valence-corrected chi connectivity index (χ2v) is 7.59. The van der Waals surface area contributed by atoms with Gasteiger partial charge in [-0.3, -0.25) is 0 Å². The van der Waals surface area contributed by atoms with Crippen LogP contribution < -0.4 is 9.47 Å². The summed E-state index contributed by atoms with van der Waals surface area (Å²) in [6.45, 7) is 0.939. The van der Waals surface area contributed by atoms with Crippen molar-refractivity contribution in [2.75, 3.05) is 25.6 Å². The second kappa shape index (κ2) is 7.57. The van der Waals surface area contributed by atoms with Crippen LogP contribution in [0.3, 0.4) is 0 Å². The molecule has 1 heterocycles. The number of benzene rings is 2. The standard InChI is InChI=1S/C18H18O6S/c19-18(14-7-8-16-17(13-14)23-11-10-22-16)24-9-4-12-25(20,21)15-5-2-1-3-6-15/h1-3,5-8,13H,4,9-12H2. The van der Waals surface area contributed by atoms with Gasteiger partial charge >= 0.3 is 5.97 Å².